The third kappa shape index (κ3) is 5.46. The Morgan fingerprint density at radius 1 is 1.25 bits per heavy atom. The van der Waals surface area contributed by atoms with Crippen molar-refractivity contribution in [2.24, 2.45) is 11.8 Å². The Morgan fingerprint density at radius 3 is 2.35 bits per heavy atom. The van der Waals surface area contributed by atoms with Crippen LogP contribution >= 0.6 is 0 Å². The molecule has 0 aromatic carbocycles. The van der Waals surface area contributed by atoms with Gasteiger partial charge in [-0.2, -0.15) is 0 Å². The van der Waals surface area contributed by atoms with Gasteiger partial charge in [0.05, 0.1) is 5.92 Å². The smallest absolute Gasteiger partial charge is 0.317 e. The Balaban J connectivity index is 2.21. The molecule has 1 unspecified atom stereocenters. The molecule has 1 aliphatic rings. The van der Waals surface area contributed by atoms with Crippen molar-refractivity contribution in [3.63, 3.8) is 0 Å². The minimum absolute atomic E-state index is 0.0473. The van der Waals surface area contributed by atoms with Gasteiger partial charge in [0.25, 0.3) is 0 Å². The summed E-state index contributed by atoms with van der Waals surface area (Å²) in [7, 11) is 0. The van der Waals surface area contributed by atoms with Crippen LogP contribution in [0.25, 0.3) is 0 Å². The van der Waals surface area contributed by atoms with Gasteiger partial charge in [-0.05, 0) is 19.8 Å². The highest BCUT2D eigenvalue weighted by Crippen LogP contribution is 2.28. The zero-order chi connectivity index (χ0) is 15.1. The molecule has 1 saturated carbocycles. The SMILES string of the molecule is CCN(CC(C)C(=O)O)C(=O)NCCNC(=O)C1CC1. The van der Waals surface area contributed by atoms with Crippen molar-refractivity contribution in [2.45, 2.75) is 26.7 Å². The molecule has 7 heteroatoms. The highest BCUT2D eigenvalue weighted by molar-refractivity contribution is 5.81. The Hall–Kier alpha value is -1.79. The Labute approximate surface area is 118 Å². The summed E-state index contributed by atoms with van der Waals surface area (Å²) in [4.78, 5) is 35.4. The number of hydrogen-bond donors (Lipinski definition) is 3. The first kappa shape index (κ1) is 16.3. The topological polar surface area (TPSA) is 98.7 Å². The number of carbonyl (C=O) groups excluding carboxylic acids is 2. The van der Waals surface area contributed by atoms with Crippen LogP contribution in [0.1, 0.15) is 26.7 Å². The van der Waals surface area contributed by atoms with E-state index in [2.05, 4.69) is 10.6 Å². The summed E-state index contributed by atoms with van der Waals surface area (Å²) in [5, 5.41) is 14.3. The zero-order valence-corrected chi connectivity index (χ0v) is 12.0. The molecule has 3 amide bonds. The van der Waals surface area contributed by atoms with Crippen LogP contribution in [-0.4, -0.2) is 54.1 Å². The largest absolute Gasteiger partial charge is 0.481 e. The van der Waals surface area contributed by atoms with Crippen LogP contribution in [0.5, 0.6) is 0 Å². The standard InChI is InChI=1S/C13H23N3O4/c1-3-16(8-9(2)12(18)19)13(20)15-7-6-14-11(17)10-4-5-10/h9-10H,3-8H2,1-2H3,(H,14,17)(H,15,20)(H,18,19). The molecule has 1 rings (SSSR count). The first-order chi connectivity index (χ1) is 9.45. The van der Waals surface area contributed by atoms with Crippen molar-refractivity contribution in [1.29, 1.82) is 0 Å². The number of nitrogens with zero attached hydrogens (tertiary/aromatic N) is 1. The normalized spacial score (nSPS) is 15.3. The maximum absolute atomic E-state index is 11.8. The van der Waals surface area contributed by atoms with Crippen LogP contribution in [0.3, 0.4) is 0 Å². The van der Waals surface area contributed by atoms with Gasteiger partial charge in [-0.1, -0.05) is 6.92 Å². The highest BCUT2D eigenvalue weighted by Gasteiger charge is 2.29. The molecule has 1 atom stereocenters. The fourth-order valence-corrected chi connectivity index (χ4v) is 1.72. The number of carboxylic acid groups (broad SMARTS) is 1. The number of hydrogen-bond acceptors (Lipinski definition) is 3. The number of amides is 3. The maximum atomic E-state index is 11.8. The average molecular weight is 285 g/mol. The van der Waals surface area contributed by atoms with Gasteiger partial charge in [0, 0.05) is 32.1 Å². The predicted molar refractivity (Wildman–Crippen MR) is 73.2 cm³/mol. The van der Waals surface area contributed by atoms with Gasteiger partial charge in [0.2, 0.25) is 5.91 Å². The molecular weight excluding hydrogens is 262 g/mol. The summed E-state index contributed by atoms with van der Waals surface area (Å²) in [6.45, 7) is 4.71. The van der Waals surface area contributed by atoms with Crippen molar-refractivity contribution < 1.29 is 19.5 Å². The third-order valence-corrected chi connectivity index (χ3v) is 3.23. The summed E-state index contributed by atoms with van der Waals surface area (Å²) in [5.41, 5.74) is 0. The molecule has 20 heavy (non-hydrogen) atoms. The van der Waals surface area contributed by atoms with Gasteiger partial charge in [0.1, 0.15) is 0 Å². The first-order valence-electron chi connectivity index (χ1n) is 6.99. The van der Waals surface area contributed by atoms with Crippen molar-refractivity contribution in [2.75, 3.05) is 26.2 Å². The summed E-state index contributed by atoms with van der Waals surface area (Å²) < 4.78 is 0. The van der Waals surface area contributed by atoms with Crippen molar-refractivity contribution >= 4 is 17.9 Å². The van der Waals surface area contributed by atoms with Gasteiger partial charge >= 0.3 is 12.0 Å². The number of urea groups is 1. The van der Waals surface area contributed by atoms with E-state index in [-0.39, 0.29) is 24.4 Å². The number of aliphatic carboxylic acids is 1. The second-order valence-corrected chi connectivity index (χ2v) is 5.08. The first-order valence-corrected chi connectivity index (χ1v) is 6.99. The van der Waals surface area contributed by atoms with E-state index in [4.69, 9.17) is 5.11 Å². The lowest BCUT2D eigenvalue weighted by atomic mass is 10.2. The van der Waals surface area contributed by atoms with E-state index in [9.17, 15) is 14.4 Å². The molecular formula is C13H23N3O4. The summed E-state index contributed by atoms with van der Waals surface area (Å²) in [6, 6.07) is -0.304. The van der Waals surface area contributed by atoms with Crippen LogP contribution in [0, 0.1) is 11.8 Å². The van der Waals surface area contributed by atoms with E-state index in [1.165, 1.54) is 4.90 Å². The third-order valence-electron chi connectivity index (χ3n) is 3.23. The zero-order valence-electron chi connectivity index (χ0n) is 12.0. The summed E-state index contributed by atoms with van der Waals surface area (Å²) in [5.74, 6) is -1.32. The minimum Gasteiger partial charge on any atom is -0.481 e. The molecule has 0 radical (unpaired) electrons. The van der Waals surface area contributed by atoms with Crippen LogP contribution in [0.15, 0.2) is 0 Å². The van der Waals surface area contributed by atoms with Crippen molar-refractivity contribution in [3.05, 3.63) is 0 Å². The van der Waals surface area contributed by atoms with Gasteiger partial charge in [-0.3, -0.25) is 9.59 Å². The molecule has 0 spiro atoms. The molecule has 0 bridgehead atoms. The molecule has 0 saturated heterocycles. The maximum Gasteiger partial charge on any atom is 0.317 e. The molecule has 114 valence electrons. The number of rotatable bonds is 8. The lowest BCUT2D eigenvalue weighted by molar-refractivity contribution is -0.141. The monoisotopic (exact) mass is 285 g/mol. The van der Waals surface area contributed by atoms with Crippen LogP contribution in [0.2, 0.25) is 0 Å². The van der Waals surface area contributed by atoms with E-state index in [1.807, 2.05) is 0 Å². The molecule has 1 fully saturated rings. The number of carboxylic acids is 1. The molecule has 0 aliphatic heterocycles. The molecule has 7 nitrogen and oxygen atoms in total. The van der Waals surface area contributed by atoms with Gasteiger partial charge in [-0.15, -0.1) is 0 Å². The Morgan fingerprint density at radius 2 is 1.85 bits per heavy atom. The second kappa shape index (κ2) is 7.72. The Kier molecular flexibility index (Phi) is 6.27. The van der Waals surface area contributed by atoms with E-state index < -0.39 is 11.9 Å². The summed E-state index contributed by atoms with van der Waals surface area (Å²) >= 11 is 0. The fourth-order valence-electron chi connectivity index (χ4n) is 1.72. The average Bonchev–Trinajstić information content (AvgIpc) is 3.24. The lowest BCUT2D eigenvalue weighted by Crippen LogP contribution is -2.45. The van der Waals surface area contributed by atoms with Crippen molar-refractivity contribution in [3.8, 4) is 0 Å². The molecule has 3 N–H and O–H groups in total. The Bertz CT molecular complexity index is 369. The van der Waals surface area contributed by atoms with Crippen LogP contribution in [0.4, 0.5) is 4.79 Å². The number of nitrogens with one attached hydrogen (secondary N) is 2. The quantitative estimate of drug-likeness (QED) is 0.557. The van der Waals surface area contributed by atoms with E-state index in [0.717, 1.165) is 12.8 Å². The number of carbonyl (C=O) groups is 3. The minimum atomic E-state index is -0.923. The van der Waals surface area contributed by atoms with Crippen molar-refractivity contribution in [1.82, 2.24) is 15.5 Å². The van der Waals surface area contributed by atoms with E-state index >= 15 is 0 Å². The van der Waals surface area contributed by atoms with Crippen LogP contribution < -0.4 is 10.6 Å². The lowest BCUT2D eigenvalue weighted by Gasteiger charge is -2.23. The van der Waals surface area contributed by atoms with E-state index in [1.54, 1.807) is 13.8 Å². The molecule has 1 aliphatic carbocycles. The van der Waals surface area contributed by atoms with Crippen LogP contribution in [-0.2, 0) is 9.59 Å². The predicted octanol–water partition coefficient (Wildman–Crippen LogP) is 0.265. The fraction of sp³-hybridized carbons (Fsp3) is 0.769. The summed E-state index contributed by atoms with van der Waals surface area (Å²) in [6.07, 6.45) is 1.91. The van der Waals surface area contributed by atoms with Gasteiger partial charge in [-0.25, -0.2) is 4.79 Å². The van der Waals surface area contributed by atoms with Gasteiger partial charge < -0.3 is 20.6 Å². The second-order valence-electron chi connectivity index (χ2n) is 5.08. The van der Waals surface area contributed by atoms with Gasteiger partial charge in [0.15, 0.2) is 0 Å². The molecule has 0 aromatic rings. The molecule has 0 heterocycles. The van der Waals surface area contributed by atoms with E-state index in [0.29, 0.717) is 19.6 Å². The molecule has 0 aromatic heterocycles. The highest BCUT2D eigenvalue weighted by atomic mass is 16.4.